The first-order valence-corrected chi connectivity index (χ1v) is 7.53. The zero-order valence-electron chi connectivity index (χ0n) is 12.5. The van der Waals surface area contributed by atoms with Crippen LogP contribution in [0.4, 0.5) is 0 Å². The molecule has 19 heavy (non-hydrogen) atoms. The van der Waals surface area contributed by atoms with E-state index in [4.69, 9.17) is 11.6 Å². The Labute approximate surface area is 122 Å². The molecule has 3 heteroatoms. The van der Waals surface area contributed by atoms with E-state index >= 15 is 0 Å². The standard InChI is InChI=1S/C16H25ClN2/c1-12-9-18-10-15(17)14(12)5-6-19(4)11-13-7-16(2,3)8-13/h9-10,13H,5-8,11H2,1-4H3. The van der Waals surface area contributed by atoms with Crippen molar-refractivity contribution in [1.29, 1.82) is 0 Å². The molecule has 0 aliphatic heterocycles. The van der Waals surface area contributed by atoms with E-state index in [1.165, 1.54) is 30.5 Å². The number of hydrogen-bond acceptors (Lipinski definition) is 2. The number of aromatic nitrogens is 1. The average Bonchev–Trinajstić information content (AvgIpc) is 2.25. The second-order valence-corrected chi connectivity index (χ2v) is 7.27. The van der Waals surface area contributed by atoms with E-state index in [-0.39, 0.29) is 0 Å². The van der Waals surface area contributed by atoms with Crippen molar-refractivity contribution >= 4 is 11.6 Å². The summed E-state index contributed by atoms with van der Waals surface area (Å²) in [5, 5.41) is 0.804. The molecule has 0 aromatic carbocycles. The maximum absolute atomic E-state index is 6.21. The normalized spacial score (nSPS) is 18.6. The summed E-state index contributed by atoms with van der Waals surface area (Å²) < 4.78 is 0. The fraction of sp³-hybridized carbons (Fsp3) is 0.688. The summed E-state index contributed by atoms with van der Waals surface area (Å²) in [4.78, 5) is 6.55. The van der Waals surface area contributed by atoms with E-state index in [0.29, 0.717) is 5.41 Å². The summed E-state index contributed by atoms with van der Waals surface area (Å²) in [6.07, 6.45) is 7.40. The van der Waals surface area contributed by atoms with Gasteiger partial charge in [0.15, 0.2) is 0 Å². The Bertz CT molecular complexity index is 414. The summed E-state index contributed by atoms with van der Waals surface area (Å²) in [6.45, 7) is 9.10. The number of aryl methyl sites for hydroxylation is 1. The quantitative estimate of drug-likeness (QED) is 0.812. The van der Waals surface area contributed by atoms with Crippen molar-refractivity contribution in [3.05, 3.63) is 28.5 Å². The van der Waals surface area contributed by atoms with Crippen LogP contribution in [0.15, 0.2) is 12.4 Å². The number of likely N-dealkylation sites (N-methyl/N-ethyl adjacent to an activating group) is 1. The van der Waals surface area contributed by atoms with Crippen LogP contribution in [0.5, 0.6) is 0 Å². The van der Waals surface area contributed by atoms with Crippen molar-refractivity contribution in [1.82, 2.24) is 9.88 Å². The first-order chi connectivity index (χ1) is 8.87. The van der Waals surface area contributed by atoms with Crippen LogP contribution in [0.25, 0.3) is 0 Å². The lowest BCUT2D eigenvalue weighted by Gasteiger charge is -2.44. The van der Waals surface area contributed by atoms with Gasteiger partial charge in [-0.3, -0.25) is 4.98 Å². The van der Waals surface area contributed by atoms with Crippen molar-refractivity contribution in [3.63, 3.8) is 0 Å². The molecule has 0 N–H and O–H groups in total. The van der Waals surface area contributed by atoms with Gasteiger partial charge >= 0.3 is 0 Å². The van der Waals surface area contributed by atoms with Gasteiger partial charge in [-0.05, 0) is 55.7 Å². The lowest BCUT2D eigenvalue weighted by Crippen LogP contribution is -2.39. The first kappa shape index (κ1) is 14.8. The molecule has 0 radical (unpaired) electrons. The van der Waals surface area contributed by atoms with Crippen molar-refractivity contribution < 1.29 is 0 Å². The smallest absolute Gasteiger partial charge is 0.0624 e. The number of pyridine rings is 1. The van der Waals surface area contributed by atoms with Crippen molar-refractivity contribution in [3.8, 4) is 0 Å². The van der Waals surface area contributed by atoms with Gasteiger partial charge < -0.3 is 4.90 Å². The van der Waals surface area contributed by atoms with Crippen molar-refractivity contribution in [2.75, 3.05) is 20.1 Å². The molecular formula is C16H25ClN2. The van der Waals surface area contributed by atoms with Crippen LogP contribution in [0.2, 0.25) is 5.02 Å². The maximum Gasteiger partial charge on any atom is 0.0624 e. The number of hydrogen-bond donors (Lipinski definition) is 0. The van der Waals surface area contributed by atoms with Crippen LogP contribution in [0.1, 0.15) is 37.8 Å². The van der Waals surface area contributed by atoms with Crippen LogP contribution in [-0.2, 0) is 6.42 Å². The number of halogens is 1. The highest BCUT2D eigenvalue weighted by molar-refractivity contribution is 6.31. The molecule has 1 aliphatic rings. The Morgan fingerprint density at radius 2 is 2.05 bits per heavy atom. The Morgan fingerprint density at radius 3 is 2.63 bits per heavy atom. The molecule has 0 amide bonds. The highest BCUT2D eigenvalue weighted by Gasteiger charge is 2.36. The molecule has 0 atom stereocenters. The first-order valence-electron chi connectivity index (χ1n) is 7.15. The van der Waals surface area contributed by atoms with Gasteiger partial charge in [0.1, 0.15) is 0 Å². The predicted octanol–water partition coefficient (Wildman–Crippen LogP) is 3.95. The van der Waals surface area contributed by atoms with Crippen LogP contribution < -0.4 is 0 Å². The van der Waals surface area contributed by atoms with Gasteiger partial charge in [-0.25, -0.2) is 0 Å². The van der Waals surface area contributed by atoms with Gasteiger partial charge in [-0.2, -0.15) is 0 Å². The third-order valence-corrected chi connectivity index (χ3v) is 4.54. The van der Waals surface area contributed by atoms with Gasteiger partial charge in [-0.15, -0.1) is 0 Å². The number of rotatable bonds is 5. The molecule has 2 nitrogen and oxygen atoms in total. The minimum absolute atomic E-state index is 0.580. The molecular weight excluding hydrogens is 256 g/mol. The zero-order chi connectivity index (χ0) is 14.0. The summed E-state index contributed by atoms with van der Waals surface area (Å²) in [5.41, 5.74) is 3.03. The van der Waals surface area contributed by atoms with E-state index in [0.717, 1.165) is 23.9 Å². The summed E-state index contributed by atoms with van der Waals surface area (Å²) in [6, 6.07) is 0. The van der Waals surface area contributed by atoms with E-state index < -0.39 is 0 Å². The van der Waals surface area contributed by atoms with E-state index in [9.17, 15) is 0 Å². The molecule has 1 aromatic rings. The molecule has 1 aromatic heterocycles. The molecule has 0 bridgehead atoms. The molecule has 1 aliphatic carbocycles. The Morgan fingerprint density at radius 1 is 1.37 bits per heavy atom. The molecule has 0 unspecified atom stereocenters. The lowest BCUT2D eigenvalue weighted by atomic mass is 9.64. The largest absolute Gasteiger partial charge is 0.306 e. The van der Waals surface area contributed by atoms with Gasteiger partial charge in [0.2, 0.25) is 0 Å². The van der Waals surface area contributed by atoms with Crippen molar-refractivity contribution in [2.24, 2.45) is 11.3 Å². The average molecular weight is 281 g/mol. The fourth-order valence-electron chi connectivity index (χ4n) is 3.34. The molecule has 1 heterocycles. The van der Waals surface area contributed by atoms with Gasteiger partial charge in [0.05, 0.1) is 5.02 Å². The van der Waals surface area contributed by atoms with Gasteiger partial charge in [0, 0.05) is 25.5 Å². The summed E-state index contributed by atoms with van der Waals surface area (Å²) in [5.74, 6) is 0.883. The van der Waals surface area contributed by atoms with Crippen LogP contribution in [-0.4, -0.2) is 30.0 Å². The maximum atomic E-state index is 6.21. The van der Waals surface area contributed by atoms with Gasteiger partial charge in [0.25, 0.3) is 0 Å². The van der Waals surface area contributed by atoms with E-state index in [1.807, 2.05) is 6.20 Å². The minimum atomic E-state index is 0.580. The molecule has 1 saturated carbocycles. The van der Waals surface area contributed by atoms with Gasteiger partial charge in [-0.1, -0.05) is 25.4 Å². The van der Waals surface area contributed by atoms with E-state index in [1.54, 1.807) is 6.20 Å². The van der Waals surface area contributed by atoms with E-state index in [2.05, 4.69) is 37.7 Å². The van der Waals surface area contributed by atoms with Crippen LogP contribution in [0, 0.1) is 18.3 Å². The second-order valence-electron chi connectivity index (χ2n) is 6.87. The third-order valence-electron chi connectivity index (χ3n) is 4.22. The molecule has 0 spiro atoms. The minimum Gasteiger partial charge on any atom is -0.306 e. The molecule has 0 saturated heterocycles. The lowest BCUT2D eigenvalue weighted by molar-refractivity contribution is 0.0686. The second kappa shape index (κ2) is 5.80. The molecule has 106 valence electrons. The van der Waals surface area contributed by atoms with Crippen molar-refractivity contribution in [2.45, 2.75) is 40.0 Å². The van der Waals surface area contributed by atoms with Crippen LogP contribution in [0.3, 0.4) is 0 Å². The highest BCUT2D eigenvalue weighted by atomic mass is 35.5. The topological polar surface area (TPSA) is 16.1 Å². The Balaban J connectivity index is 1.79. The molecule has 2 rings (SSSR count). The Hall–Kier alpha value is -0.600. The highest BCUT2D eigenvalue weighted by Crippen LogP contribution is 2.44. The zero-order valence-corrected chi connectivity index (χ0v) is 13.3. The predicted molar refractivity (Wildman–Crippen MR) is 81.7 cm³/mol. The van der Waals surface area contributed by atoms with Crippen LogP contribution >= 0.6 is 11.6 Å². The SMILES string of the molecule is Cc1cncc(Cl)c1CCN(C)CC1CC(C)(C)C1. The Kier molecular flexibility index (Phi) is 4.52. The third kappa shape index (κ3) is 3.93. The summed E-state index contributed by atoms with van der Waals surface area (Å²) in [7, 11) is 2.22. The molecule has 1 fully saturated rings. The fourth-order valence-corrected chi connectivity index (χ4v) is 3.64. The number of nitrogens with zero attached hydrogens (tertiary/aromatic N) is 2. The monoisotopic (exact) mass is 280 g/mol. The summed E-state index contributed by atoms with van der Waals surface area (Å²) >= 11 is 6.21.